The fourth-order valence-electron chi connectivity index (χ4n) is 4.03. The van der Waals surface area contributed by atoms with Gasteiger partial charge in [-0.1, -0.05) is 0 Å². The average Bonchev–Trinajstić information content (AvgIpc) is 2.91. The van der Waals surface area contributed by atoms with Crippen LogP contribution in [0.1, 0.15) is 45.6 Å². The van der Waals surface area contributed by atoms with Crippen LogP contribution in [-0.2, 0) is 12.8 Å². The van der Waals surface area contributed by atoms with Crippen molar-refractivity contribution < 1.29 is 4.79 Å². The van der Waals surface area contributed by atoms with E-state index in [-0.39, 0.29) is 5.91 Å². The van der Waals surface area contributed by atoms with Gasteiger partial charge in [0.15, 0.2) is 0 Å². The molecule has 4 rings (SSSR count). The van der Waals surface area contributed by atoms with E-state index in [0.717, 1.165) is 51.0 Å². The zero-order valence-electron chi connectivity index (χ0n) is 14.8. The van der Waals surface area contributed by atoms with E-state index in [1.54, 1.807) is 11.3 Å². The minimum absolute atomic E-state index is 0.243. The Hall–Kier alpha value is -1.88. The van der Waals surface area contributed by atoms with E-state index in [9.17, 15) is 4.79 Å². The third kappa shape index (κ3) is 3.30. The third-order valence-electron chi connectivity index (χ3n) is 5.41. The second-order valence-electron chi connectivity index (χ2n) is 7.05. The van der Waals surface area contributed by atoms with Gasteiger partial charge in [0.05, 0.1) is 5.56 Å². The summed E-state index contributed by atoms with van der Waals surface area (Å²) in [5, 5.41) is 2.11. The van der Waals surface area contributed by atoms with Crippen LogP contribution in [0.15, 0.2) is 23.8 Å². The Kier molecular flexibility index (Phi) is 4.75. The lowest BCUT2D eigenvalue weighted by Gasteiger charge is -2.25. The Balaban J connectivity index is 1.48. The molecule has 2 aromatic heterocycles. The molecule has 0 N–H and O–H groups in total. The maximum absolute atomic E-state index is 13.1. The number of aromatic nitrogens is 1. The average molecular weight is 356 g/mol. The van der Waals surface area contributed by atoms with E-state index in [2.05, 4.69) is 33.2 Å². The van der Waals surface area contributed by atoms with Gasteiger partial charge in [-0.25, -0.2) is 0 Å². The number of fused-ring (bicyclic) bond motifs is 1. The first-order chi connectivity index (χ1) is 12.2. The summed E-state index contributed by atoms with van der Waals surface area (Å²) in [4.78, 5) is 23.2. The number of pyridine rings is 1. The Morgan fingerprint density at radius 2 is 2.00 bits per heavy atom. The standard InChI is InChI=1S/C20H25N3OS/c1-15-13-21-8-7-18(15)22-9-4-10-23(12-11-22)20(24)17-14-25-19-6-3-2-5-16(17)19/h7-8,13-14H,2-6,9-12H2,1H3. The highest BCUT2D eigenvalue weighted by molar-refractivity contribution is 7.10. The van der Waals surface area contributed by atoms with E-state index < -0.39 is 0 Å². The minimum atomic E-state index is 0.243. The van der Waals surface area contributed by atoms with Gasteiger partial charge in [0.25, 0.3) is 5.91 Å². The molecular formula is C20H25N3OS. The zero-order valence-corrected chi connectivity index (χ0v) is 15.6. The van der Waals surface area contributed by atoms with E-state index in [4.69, 9.17) is 0 Å². The van der Waals surface area contributed by atoms with Gasteiger partial charge in [-0.15, -0.1) is 11.3 Å². The van der Waals surface area contributed by atoms with Gasteiger partial charge in [-0.2, -0.15) is 0 Å². The Labute approximate surface area is 153 Å². The molecule has 4 nitrogen and oxygen atoms in total. The first kappa shape index (κ1) is 16.6. The number of aryl methyl sites for hydroxylation is 2. The van der Waals surface area contributed by atoms with Crippen LogP contribution < -0.4 is 4.90 Å². The summed E-state index contributed by atoms with van der Waals surface area (Å²) < 4.78 is 0. The van der Waals surface area contributed by atoms with Gasteiger partial charge in [-0.3, -0.25) is 9.78 Å². The molecule has 5 heteroatoms. The molecule has 0 spiro atoms. The summed E-state index contributed by atoms with van der Waals surface area (Å²) >= 11 is 1.78. The first-order valence-electron chi connectivity index (χ1n) is 9.28. The summed E-state index contributed by atoms with van der Waals surface area (Å²) in [5.41, 5.74) is 4.77. The molecule has 1 aliphatic carbocycles. The second-order valence-corrected chi connectivity index (χ2v) is 8.02. The van der Waals surface area contributed by atoms with E-state index >= 15 is 0 Å². The van der Waals surface area contributed by atoms with Crippen LogP contribution >= 0.6 is 11.3 Å². The van der Waals surface area contributed by atoms with Gasteiger partial charge in [0.1, 0.15) is 0 Å². The molecule has 3 heterocycles. The van der Waals surface area contributed by atoms with Crippen LogP contribution in [-0.4, -0.2) is 42.0 Å². The molecule has 2 aromatic rings. The summed E-state index contributed by atoms with van der Waals surface area (Å²) in [5.74, 6) is 0.243. The molecule has 1 aliphatic heterocycles. The maximum Gasteiger partial charge on any atom is 0.255 e. The van der Waals surface area contributed by atoms with Gasteiger partial charge in [0, 0.05) is 54.5 Å². The van der Waals surface area contributed by atoms with Crippen molar-refractivity contribution in [1.29, 1.82) is 0 Å². The quantitative estimate of drug-likeness (QED) is 0.824. The normalized spacial score (nSPS) is 18.0. The summed E-state index contributed by atoms with van der Waals surface area (Å²) in [7, 11) is 0. The highest BCUT2D eigenvalue weighted by atomic mass is 32.1. The van der Waals surface area contributed by atoms with E-state index in [1.165, 1.54) is 34.5 Å². The molecule has 25 heavy (non-hydrogen) atoms. The van der Waals surface area contributed by atoms with Crippen molar-refractivity contribution in [3.63, 3.8) is 0 Å². The lowest BCUT2D eigenvalue weighted by molar-refractivity contribution is 0.0766. The SMILES string of the molecule is Cc1cnccc1N1CCCN(C(=O)c2csc3c2CCCC3)CC1. The lowest BCUT2D eigenvalue weighted by atomic mass is 9.95. The van der Waals surface area contributed by atoms with Crippen molar-refractivity contribution in [1.82, 2.24) is 9.88 Å². The molecule has 1 amide bonds. The summed E-state index contributed by atoms with van der Waals surface area (Å²) in [6.45, 7) is 5.64. The van der Waals surface area contributed by atoms with Gasteiger partial charge < -0.3 is 9.80 Å². The Morgan fingerprint density at radius 1 is 1.12 bits per heavy atom. The Bertz CT molecular complexity index is 770. The second kappa shape index (κ2) is 7.16. The van der Waals surface area contributed by atoms with Crippen LogP contribution in [0.25, 0.3) is 0 Å². The fourth-order valence-corrected chi connectivity index (χ4v) is 5.15. The predicted molar refractivity (Wildman–Crippen MR) is 103 cm³/mol. The molecule has 1 saturated heterocycles. The molecule has 0 atom stereocenters. The third-order valence-corrected chi connectivity index (χ3v) is 6.49. The van der Waals surface area contributed by atoms with Crippen molar-refractivity contribution in [3.8, 4) is 0 Å². The molecule has 1 fully saturated rings. The molecule has 0 radical (unpaired) electrons. The monoisotopic (exact) mass is 355 g/mol. The Morgan fingerprint density at radius 3 is 2.88 bits per heavy atom. The molecule has 2 aliphatic rings. The highest BCUT2D eigenvalue weighted by Crippen LogP contribution is 2.31. The molecular weight excluding hydrogens is 330 g/mol. The van der Waals surface area contributed by atoms with Crippen molar-refractivity contribution in [2.24, 2.45) is 0 Å². The number of amides is 1. The molecule has 0 unspecified atom stereocenters. The number of carbonyl (C=O) groups excluding carboxylic acids is 1. The first-order valence-corrected chi connectivity index (χ1v) is 10.2. The number of hydrogen-bond donors (Lipinski definition) is 0. The number of hydrogen-bond acceptors (Lipinski definition) is 4. The summed E-state index contributed by atoms with van der Waals surface area (Å²) in [6, 6.07) is 2.09. The van der Waals surface area contributed by atoms with Gasteiger partial charge >= 0.3 is 0 Å². The molecule has 0 saturated carbocycles. The van der Waals surface area contributed by atoms with Gasteiger partial charge in [-0.05, 0) is 56.2 Å². The number of nitrogens with zero attached hydrogens (tertiary/aromatic N) is 3. The van der Waals surface area contributed by atoms with Crippen molar-refractivity contribution in [2.75, 3.05) is 31.1 Å². The number of anilines is 1. The topological polar surface area (TPSA) is 36.4 Å². The summed E-state index contributed by atoms with van der Waals surface area (Å²) in [6.07, 6.45) is 9.51. The van der Waals surface area contributed by atoms with Gasteiger partial charge in [0.2, 0.25) is 0 Å². The minimum Gasteiger partial charge on any atom is -0.369 e. The fraction of sp³-hybridized carbons (Fsp3) is 0.500. The number of rotatable bonds is 2. The van der Waals surface area contributed by atoms with E-state index in [1.807, 2.05) is 12.4 Å². The van der Waals surface area contributed by atoms with Crippen LogP contribution in [0, 0.1) is 6.92 Å². The maximum atomic E-state index is 13.1. The number of carbonyl (C=O) groups is 1. The smallest absolute Gasteiger partial charge is 0.255 e. The molecule has 0 bridgehead atoms. The lowest BCUT2D eigenvalue weighted by Crippen LogP contribution is -2.35. The molecule has 132 valence electrons. The van der Waals surface area contributed by atoms with Crippen molar-refractivity contribution >= 4 is 22.9 Å². The number of thiophene rings is 1. The molecule has 0 aromatic carbocycles. The van der Waals surface area contributed by atoms with Crippen LogP contribution in [0.2, 0.25) is 0 Å². The predicted octanol–water partition coefficient (Wildman–Crippen LogP) is 3.68. The van der Waals surface area contributed by atoms with E-state index in [0.29, 0.717) is 0 Å². The van der Waals surface area contributed by atoms with Crippen molar-refractivity contribution in [3.05, 3.63) is 45.4 Å². The van der Waals surface area contributed by atoms with Crippen LogP contribution in [0.5, 0.6) is 0 Å². The van der Waals surface area contributed by atoms with Crippen LogP contribution in [0.3, 0.4) is 0 Å². The zero-order chi connectivity index (χ0) is 17.2. The van der Waals surface area contributed by atoms with Crippen molar-refractivity contribution in [2.45, 2.75) is 39.0 Å². The largest absolute Gasteiger partial charge is 0.369 e. The van der Waals surface area contributed by atoms with Crippen LogP contribution in [0.4, 0.5) is 5.69 Å². The highest BCUT2D eigenvalue weighted by Gasteiger charge is 2.26.